The summed E-state index contributed by atoms with van der Waals surface area (Å²) in [5.41, 5.74) is 0.488. The monoisotopic (exact) mass is 296 g/mol. The summed E-state index contributed by atoms with van der Waals surface area (Å²) in [5.74, 6) is -0.353. The molecule has 0 aliphatic rings. The van der Waals surface area contributed by atoms with E-state index in [1.54, 1.807) is 18.2 Å². The summed E-state index contributed by atoms with van der Waals surface area (Å²) in [6.07, 6.45) is -1.12. The van der Waals surface area contributed by atoms with Crippen molar-refractivity contribution in [2.75, 3.05) is 7.11 Å². The van der Waals surface area contributed by atoms with Gasteiger partial charge in [0.05, 0.1) is 12.7 Å². The van der Waals surface area contributed by atoms with Gasteiger partial charge in [0.2, 0.25) is 0 Å². The van der Waals surface area contributed by atoms with Gasteiger partial charge in [0.1, 0.15) is 0 Å². The van der Waals surface area contributed by atoms with E-state index in [1.165, 1.54) is 31.4 Å². The highest BCUT2D eigenvalue weighted by atomic mass is 19.4. The zero-order valence-electron chi connectivity index (χ0n) is 11.1. The standard InChI is InChI=1S/C16H12F4O/c1-21-15-9-6-12(10-14(15)17)3-2-11-4-7-13(8-5-11)16(18,19)20/h2-10H,1H3/b3-2+. The molecule has 0 saturated heterocycles. The third-order valence-electron chi connectivity index (χ3n) is 2.88. The van der Waals surface area contributed by atoms with Crippen LogP contribution in [0.15, 0.2) is 42.5 Å². The van der Waals surface area contributed by atoms with Crippen molar-refractivity contribution in [2.24, 2.45) is 0 Å². The van der Waals surface area contributed by atoms with Crippen molar-refractivity contribution in [3.63, 3.8) is 0 Å². The van der Waals surface area contributed by atoms with Crippen molar-refractivity contribution in [2.45, 2.75) is 6.18 Å². The van der Waals surface area contributed by atoms with Crippen molar-refractivity contribution in [1.29, 1.82) is 0 Å². The predicted molar refractivity (Wildman–Crippen MR) is 73.3 cm³/mol. The number of alkyl halides is 3. The van der Waals surface area contributed by atoms with Gasteiger partial charge in [0.25, 0.3) is 0 Å². The van der Waals surface area contributed by atoms with E-state index in [1.807, 2.05) is 0 Å². The van der Waals surface area contributed by atoms with Crippen LogP contribution in [-0.4, -0.2) is 7.11 Å². The molecule has 5 heteroatoms. The zero-order chi connectivity index (χ0) is 15.5. The third-order valence-corrected chi connectivity index (χ3v) is 2.88. The number of halogens is 4. The fraction of sp³-hybridized carbons (Fsp3) is 0.125. The molecule has 0 N–H and O–H groups in total. The molecule has 2 aromatic rings. The number of rotatable bonds is 3. The largest absolute Gasteiger partial charge is 0.494 e. The summed E-state index contributed by atoms with van der Waals surface area (Å²) in [7, 11) is 1.37. The summed E-state index contributed by atoms with van der Waals surface area (Å²) in [6, 6.07) is 9.17. The zero-order valence-corrected chi connectivity index (χ0v) is 11.1. The van der Waals surface area contributed by atoms with Crippen LogP contribution >= 0.6 is 0 Å². The molecule has 0 atom stereocenters. The summed E-state index contributed by atoms with van der Waals surface area (Å²) in [4.78, 5) is 0. The molecule has 2 aromatic carbocycles. The van der Waals surface area contributed by atoms with E-state index in [4.69, 9.17) is 4.74 Å². The van der Waals surface area contributed by atoms with Crippen molar-refractivity contribution in [3.05, 3.63) is 65.0 Å². The minimum absolute atomic E-state index is 0.140. The Hall–Kier alpha value is -2.30. The molecule has 0 radical (unpaired) electrons. The van der Waals surface area contributed by atoms with E-state index < -0.39 is 17.6 Å². The van der Waals surface area contributed by atoms with Crippen LogP contribution in [0.5, 0.6) is 5.75 Å². The molecule has 0 bridgehead atoms. The average molecular weight is 296 g/mol. The molecule has 0 aliphatic heterocycles. The number of methoxy groups -OCH3 is 1. The Morgan fingerprint density at radius 1 is 0.905 bits per heavy atom. The van der Waals surface area contributed by atoms with E-state index in [-0.39, 0.29) is 5.75 Å². The van der Waals surface area contributed by atoms with E-state index in [9.17, 15) is 17.6 Å². The van der Waals surface area contributed by atoms with Crippen molar-refractivity contribution < 1.29 is 22.3 Å². The topological polar surface area (TPSA) is 9.23 Å². The minimum atomic E-state index is -4.35. The fourth-order valence-electron chi connectivity index (χ4n) is 1.76. The molecule has 0 spiro atoms. The van der Waals surface area contributed by atoms with Crippen molar-refractivity contribution in [1.82, 2.24) is 0 Å². The highest BCUT2D eigenvalue weighted by Gasteiger charge is 2.29. The van der Waals surface area contributed by atoms with Gasteiger partial charge in [0.15, 0.2) is 11.6 Å². The maximum Gasteiger partial charge on any atom is 0.416 e. The fourth-order valence-corrected chi connectivity index (χ4v) is 1.76. The number of ether oxygens (including phenoxy) is 1. The molecule has 1 nitrogen and oxygen atoms in total. The number of hydrogen-bond acceptors (Lipinski definition) is 1. The van der Waals surface area contributed by atoms with Gasteiger partial charge in [-0.15, -0.1) is 0 Å². The van der Waals surface area contributed by atoms with E-state index in [0.717, 1.165) is 12.1 Å². The molecule has 0 heterocycles. The average Bonchev–Trinajstić information content (AvgIpc) is 2.45. The van der Waals surface area contributed by atoms with Gasteiger partial charge >= 0.3 is 6.18 Å². The lowest BCUT2D eigenvalue weighted by Crippen LogP contribution is -2.03. The highest BCUT2D eigenvalue weighted by Crippen LogP contribution is 2.29. The second-order valence-electron chi connectivity index (χ2n) is 4.35. The predicted octanol–water partition coefficient (Wildman–Crippen LogP) is 5.02. The van der Waals surface area contributed by atoms with Crippen LogP contribution in [0.4, 0.5) is 17.6 Å². The smallest absolute Gasteiger partial charge is 0.416 e. The quantitative estimate of drug-likeness (QED) is 0.570. The Morgan fingerprint density at radius 2 is 1.48 bits per heavy atom. The lowest BCUT2D eigenvalue weighted by molar-refractivity contribution is -0.137. The summed E-state index contributed by atoms with van der Waals surface area (Å²) >= 11 is 0. The van der Waals surface area contributed by atoms with Crippen LogP contribution in [0.2, 0.25) is 0 Å². The molecular formula is C16H12F4O. The molecule has 0 aliphatic carbocycles. The van der Waals surface area contributed by atoms with Crippen molar-refractivity contribution >= 4 is 12.2 Å². The summed E-state index contributed by atoms with van der Waals surface area (Å²) in [6.45, 7) is 0. The first-order valence-corrected chi connectivity index (χ1v) is 6.09. The van der Waals surface area contributed by atoms with Crippen LogP contribution in [0.25, 0.3) is 12.2 Å². The molecule has 0 unspecified atom stereocenters. The molecule has 0 fully saturated rings. The molecule has 0 aromatic heterocycles. The van der Waals surface area contributed by atoms with E-state index >= 15 is 0 Å². The lowest BCUT2D eigenvalue weighted by atomic mass is 10.1. The Bertz CT molecular complexity index is 642. The van der Waals surface area contributed by atoms with Gasteiger partial charge in [-0.3, -0.25) is 0 Å². The Balaban J connectivity index is 2.16. The van der Waals surface area contributed by atoms with Crippen LogP contribution < -0.4 is 4.74 Å². The maximum atomic E-state index is 13.5. The Morgan fingerprint density at radius 3 is 2.00 bits per heavy atom. The van der Waals surface area contributed by atoms with Crippen LogP contribution in [0.1, 0.15) is 16.7 Å². The summed E-state index contributed by atoms with van der Waals surface area (Å²) in [5, 5.41) is 0. The van der Waals surface area contributed by atoms with Crippen molar-refractivity contribution in [3.8, 4) is 5.75 Å². The van der Waals surface area contributed by atoms with Gasteiger partial charge in [0, 0.05) is 0 Å². The molecule has 0 amide bonds. The Kier molecular flexibility index (Phi) is 4.31. The second kappa shape index (κ2) is 5.99. The first-order chi connectivity index (χ1) is 9.90. The van der Waals surface area contributed by atoms with Crippen LogP contribution in [0.3, 0.4) is 0 Å². The van der Waals surface area contributed by atoms with Gasteiger partial charge in [-0.05, 0) is 35.4 Å². The third kappa shape index (κ3) is 3.84. The molecular weight excluding hydrogens is 284 g/mol. The lowest BCUT2D eigenvalue weighted by Gasteiger charge is -2.06. The molecule has 0 saturated carbocycles. The summed E-state index contributed by atoms with van der Waals surface area (Å²) < 4.78 is 55.5. The SMILES string of the molecule is COc1ccc(/C=C/c2ccc(C(F)(F)F)cc2)cc1F. The molecule has 110 valence electrons. The van der Waals surface area contributed by atoms with Crippen LogP contribution in [0, 0.1) is 5.82 Å². The van der Waals surface area contributed by atoms with E-state index in [0.29, 0.717) is 11.1 Å². The van der Waals surface area contributed by atoms with Gasteiger partial charge in [-0.2, -0.15) is 13.2 Å². The van der Waals surface area contributed by atoms with Gasteiger partial charge in [-0.1, -0.05) is 30.4 Å². The normalized spacial score (nSPS) is 11.9. The number of hydrogen-bond donors (Lipinski definition) is 0. The first-order valence-electron chi connectivity index (χ1n) is 6.09. The van der Waals surface area contributed by atoms with Crippen LogP contribution in [-0.2, 0) is 6.18 Å². The van der Waals surface area contributed by atoms with Gasteiger partial charge in [-0.25, -0.2) is 4.39 Å². The second-order valence-corrected chi connectivity index (χ2v) is 4.35. The highest BCUT2D eigenvalue weighted by molar-refractivity contribution is 5.70. The molecule has 2 rings (SSSR count). The molecule has 21 heavy (non-hydrogen) atoms. The maximum absolute atomic E-state index is 13.5. The van der Waals surface area contributed by atoms with Gasteiger partial charge < -0.3 is 4.74 Å². The minimum Gasteiger partial charge on any atom is -0.494 e. The van der Waals surface area contributed by atoms with E-state index in [2.05, 4.69) is 0 Å². The Labute approximate surface area is 119 Å². The first kappa shape index (κ1) is 15.1. The number of benzene rings is 2.